The molecule has 3 nitrogen and oxygen atoms in total. The monoisotopic (exact) mass is 314 g/mol. The summed E-state index contributed by atoms with van der Waals surface area (Å²) >= 11 is 1.78. The first-order chi connectivity index (χ1) is 10.8. The lowest BCUT2D eigenvalue weighted by Gasteiger charge is -2.22. The Bertz CT molecular complexity index is 624. The molecule has 0 bridgehead atoms. The Kier molecular flexibility index (Phi) is 4.90. The van der Waals surface area contributed by atoms with Crippen LogP contribution < -0.4 is 4.90 Å². The van der Waals surface area contributed by atoms with Crippen molar-refractivity contribution < 1.29 is 4.79 Å². The van der Waals surface area contributed by atoms with E-state index < -0.39 is 0 Å². The number of rotatable bonds is 6. The highest BCUT2D eigenvalue weighted by atomic mass is 32.1. The molecule has 0 aliphatic carbocycles. The number of para-hydroxylation sites is 1. The second-order valence-corrected chi connectivity index (χ2v) is 6.65. The molecule has 0 atom stereocenters. The van der Waals surface area contributed by atoms with Crippen LogP contribution in [0.4, 0.5) is 5.69 Å². The zero-order valence-electron chi connectivity index (χ0n) is 13.0. The van der Waals surface area contributed by atoms with Crippen molar-refractivity contribution in [1.82, 2.24) is 4.90 Å². The minimum atomic E-state index is 0.245. The molecule has 1 aliphatic heterocycles. The number of hydrogen-bond acceptors (Lipinski definition) is 3. The standard InChI is InChI=1S/C18H22N2OS/c1-2-19(14-16-7-5-13-22-16)11-10-18(21)20-12-9-15-6-3-4-8-17(15)20/h3-8,13H,2,9-12,14H2,1H3. The molecule has 2 aromatic rings. The molecule has 3 rings (SSSR count). The van der Waals surface area contributed by atoms with Gasteiger partial charge in [0.2, 0.25) is 5.91 Å². The molecule has 0 radical (unpaired) electrons. The molecular formula is C18H22N2OS. The fraction of sp³-hybridized carbons (Fsp3) is 0.389. The van der Waals surface area contributed by atoms with Crippen LogP contribution in [0.5, 0.6) is 0 Å². The highest BCUT2D eigenvalue weighted by Gasteiger charge is 2.24. The highest BCUT2D eigenvalue weighted by molar-refractivity contribution is 7.09. The predicted octanol–water partition coefficient (Wildman–Crippen LogP) is 3.55. The van der Waals surface area contributed by atoms with E-state index in [4.69, 9.17) is 0 Å². The van der Waals surface area contributed by atoms with Crippen LogP contribution in [0.3, 0.4) is 0 Å². The molecule has 116 valence electrons. The summed E-state index contributed by atoms with van der Waals surface area (Å²) in [5, 5.41) is 2.11. The van der Waals surface area contributed by atoms with Crippen LogP contribution in [0.25, 0.3) is 0 Å². The summed E-state index contributed by atoms with van der Waals surface area (Å²) in [5.41, 5.74) is 2.40. The molecule has 1 aromatic carbocycles. The van der Waals surface area contributed by atoms with Crippen molar-refractivity contribution in [2.24, 2.45) is 0 Å². The van der Waals surface area contributed by atoms with Crippen LogP contribution in [-0.2, 0) is 17.8 Å². The van der Waals surface area contributed by atoms with E-state index in [1.54, 1.807) is 11.3 Å². The molecule has 1 aromatic heterocycles. The normalized spacial score (nSPS) is 13.6. The molecule has 0 fully saturated rings. The van der Waals surface area contributed by atoms with Crippen molar-refractivity contribution in [2.45, 2.75) is 26.3 Å². The van der Waals surface area contributed by atoms with Crippen LogP contribution in [0.1, 0.15) is 23.8 Å². The number of amides is 1. The van der Waals surface area contributed by atoms with Crippen LogP contribution >= 0.6 is 11.3 Å². The van der Waals surface area contributed by atoms with E-state index in [0.717, 1.165) is 38.3 Å². The van der Waals surface area contributed by atoms with Gasteiger partial charge in [0.25, 0.3) is 0 Å². The predicted molar refractivity (Wildman–Crippen MR) is 92.4 cm³/mol. The first-order valence-electron chi connectivity index (χ1n) is 7.91. The van der Waals surface area contributed by atoms with Crippen LogP contribution in [-0.4, -0.2) is 30.4 Å². The van der Waals surface area contributed by atoms with Gasteiger partial charge in [0.1, 0.15) is 0 Å². The molecule has 22 heavy (non-hydrogen) atoms. The smallest absolute Gasteiger partial charge is 0.228 e. The second-order valence-electron chi connectivity index (χ2n) is 5.62. The van der Waals surface area contributed by atoms with E-state index in [-0.39, 0.29) is 5.91 Å². The minimum Gasteiger partial charge on any atom is -0.312 e. The quantitative estimate of drug-likeness (QED) is 0.814. The van der Waals surface area contributed by atoms with E-state index in [9.17, 15) is 4.79 Å². The van der Waals surface area contributed by atoms with Crippen molar-refractivity contribution in [3.05, 3.63) is 52.2 Å². The Labute approximate surface area is 136 Å². The SMILES string of the molecule is CCN(CCC(=O)N1CCc2ccccc21)Cc1cccs1. The van der Waals surface area contributed by atoms with Crippen molar-refractivity contribution in [1.29, 1.82) is 0 Å². The van der Waals surface area contributed by atoms with Crippen molar-refractivity contribution >= 4 is 22.9 Å². The van der Waals surface area contributed by atoms with Gasteiger partial charge < -0.3 is 4.90 Å². The Morgan fingerprint density at radius 3 is 2.91 bits per heavy atom. The average molecular weight is 314 g/mol. The third-order valence-corrected chi connectivity index (χ3v) is 5.10. The van der Waals surface area contributed by atoms with Gasteiger partial charge in [-0.25, -0.2) is 0 Å². The Morgan fingerprint density at radius 2 is 2.14 bits per heavy atom. The fourth-order valence-electron chi connectivity index (χ4n) is 2.96. The van der Waals surface area contributed by atoms with Gasteiger partial charge in [0.15, 0.2) is 0 Å². The largest absolute Gasteiger partial charge is 0.312 e. The Balaban J connectivity index is 1.56. The van der Waals surface area contributed by atoms with Crippen molar-refractivity contribution in [3.63, 3.8) is 0 Å². The Morgan fingerprint density at radius 1 is 1.27 bits per heavy atom. The maximum absolute atomic E-state index is 12.5. The molecule has 0 spiro atoms. The molecule has 4 heteroatoms. The zero-order chi connectivity index (χ0) is 15.4. The molecule has 0 saturated heterocycles. The average Bonchev–Trinajstić information content (AvgIpc) is 3.20. The van der Waals surface area contributed by atoms with Gasteiger partial charge >= 0.3 is 0 Å². The van der Waals surface area contributed by atoms with E-state index >= 15 is 0 Å². The molecule has 1 aliphatic rings. The molecule has 0 unspecified atom stereocenters. The number of carbonyl (C=O) groups excluding carboxylic acids is 1. The summed E-state index contributed by atoms with van der Waals surface area (Å²) in [6, 6.07) is 12.5. The van der Waals surface area contributed by atoms with E-state index in [1.165, 1.54) is 10.4 Å². The van der Waals surface area contributed by atoms with Gasteiger partial charge in [-0.05, 0) is 36.0 Å². The number of nitrogens with zero attached hydrogens (tertiary/aromatic N) is 2. The molecule has 2 heterocycles. The lowest BCUT2D eigenvalue weighted by Crippen LogP contribution is -2.33. The maximum Gasteiger partial charge on any atom is 0.228 e. The zero-order valence-corrected chi connectivity index (χ0v) is 13.8. The van der Waals surface area contributed by atoms with Gasteiger partial charge in [-0.15, -0.1) is 11.3 Å². The molecule has 0 saturated carbocycles. The molecule has 1 amide bonds. The van der Waals surface area contributed by atoms with E-state index in [2.05, 4.69) is 41.5 Å². The van der Waals surface area contributed by atoms with Gasteiger partial charge in [-0.2, -0.15) is 0 Å². The lowest BCUT2D eigenvalue weighted by atomic mass is 10.2. The number of benzene rings is 1. The molecule has 0 N–H and O–H groups in total. The van der Waals surface area contributed by atoms with Crippen LogP contribution in [0.15, 0.2) is 41.8 Å². The second kappa shape index (κ2) is 7.07. The fourth-order valence-corrected chi connectivity index (χ4v) is 3.70. The molecular weight excluding hydrogens is 292 g/mol. The Hall–Kier alpha value is -1.65. The summed E-state index contributed by atoms with van der Waals surface area (Å²) in [6.45, 7) is 5.73. The first kappa shape index (κ1) is 15.3. The van der Waals surface area contributed by atoms with E-state index in [0.29, 0.717) is 6.42 Å². The minimum absolute atomic E-state index is 0.245. The topological polar surface area (TPSA) is 23.6 Å². The lowest BCUT2D eigenvalue weighted by molar-refractivity contribution is -0.118. The van der Waals surface area contributed by atoms with E-state index in [1.807, 2.05) is 17.0 Å². The summed E-state index contributed by atoms with van der Waals surface area (Å²) in [6.07, 6.45) is 1.57. The van der Waals surface area contributed by atoms with Gasteiger partial charge in [-0.3, -0.25) is 9.69 Å². The number of hydrogen-bond donors (Lipinski definition) is 0. The highest BCUT2D eigenvalue weighted by Crippen LogP contribution is 2.27. The van der Waals surface area contributed by atoms with Gasteiger partial charge in [0.05, 0.1) is 0 Å². The van der Waals surface area contributed by atoms with Crippen molar-refractivity contribution in [2.75, 3.05) is 24.5 Å². The number of carbonyl (C=O) groups is 1. The third-order valence-electron chi connectivity index (χ3n) is 4.24. The number of fused-ring (bicyclic) bond motifs is 1. The number of thiophene rings is 1. The van der Waals surface area contributed by atoms with Crippen LogP contribution in [0.2, 0.25) is 0 Å². The summed E-state index contributed by atoms with van der Waals surface area (Å²) in [7, 11) is 0. The maximum atomic E-state index is 12.5. The summed E-state index contributed by atoms with van der Waals surface area (Å²) in [4.78, 5) is 18.2. The van der Waals surface area contributed by atoms with Gasteiger partial charge in [-0.1, -0.05) is 31.2 Å². The van der Waals surface area contributed by atoms with Crippen molar-refractivity contribution in [3.8, 4) is 0 Å². The van der Waals surface area contributed by atoms with Gasteiger partial charge in [0, 0.05) is 36.6 Å². The first-order valence-corrected chi connectivity index (χ1v) is 8.79. The van der Waals surface area contributed by atoms with Crippen LogP contribution in [0, 0.1) is 0 Å². The third kappa shape index (κ3) is 3.39. The summed E-state index contributed by atoms with van der Waals surface area (Å²) < 4.78 is 0. The number of anilines is 1. The summed E-state index contributed by atoms with van der Waals surface area (Å²) in [5.74, 6) is 0.245.